The van der Waals surface area contributed by atoms with Crippen LogP contribution in [0, 0.1) is 5.82 Å². The van der Waals surface area contributed by atoms with E-state index in [0.717, 1.165) is 55.3 Å². The summed E-state index contributed by atoms with van der Waals surface area (Å²) in [6.07, 6.45) is 5.14. The number of hydrogen-bond donors (Lipinski definition) is 3. The quantitative estimate of drug-likeness (QED) is 0.157. The predicted octanol–water partition coefficient (Wildman–Crippen LogP) is 6.97. The van der Waals surface area contributed by atoms with Crippen LogP contribution in [0.1, 0.15) is 69.9 Å². The smallest absolute Gasteiger partial charge is 0.335 e. The van der Waals surface area contributed by atoms with Gasteiger partial charge >= 0.3 is 5.97 Å². The molecular weight excluding hydrogens is 511 g/mol. The highest BCUT2D eigenvalue weighted by molar-refractivity contribution is 6.11. The molecule has 0 radical (unpaired) electrons. The van der Waals surface area contributed by atoms with E-state index in [1.54, 1.807) is 43.4 Å². The van der Waals surface area contributed by atoms with Gasteiger partial charge in [0.05, 0.1) is 17.7 Å². The molecule has 0 spiro atoms. The van der Waals surface area contributed by atoms with Crippen molar-refractivity contribution in [3.8, 4) is 11.3 Å². The van der Waals surface area contributed by atoms with E-state index in [0.29, 0.717) is 41.6 Å². The van der Waals surface area contributed by atoms with Crippen molar-refractivity contribution >= 4 is 28.5 Å². The summed E-state index contributed by atoms with van der Waals surface area (Å²) in [6, 6.07) is 16.8. The van der Waals surface area contributed by atoms with Crippen LogP contribution in [0.3, 0.4) is 0 Å². The fourth-order valence-corrected chi connectivity index (χ4v) is 4.86. The third-order valence-electron chi connectivity index (χ3n) is 7.19. The minimum Gasteiger partial charge on any atom is -0.478 e. The molecule has 0 saturated heterocycles. The molecule has 208 valence electrons. The third-order valence-corrected chi connectivity index (χ3v) is 7.19. The molecule has 5 rings (SSSR count). The summed E-state index contributed by atoms with van der Waals surface area (Å²) in [5.74, 6) is -0.613. The first-order valence-corrected chi connectivity index (χ1v) is 13.7. The van der Waals surface area contributed by atoms with Gasteiger partial charge in [0.1, 0.15) is 17.2 Å². The van der Waals surface area contributed by atoms with E-state index < -0.39 is 5.97 Å². The maximum atomic E-state index is 13.5. The van der Waals surface area contributed by atoms with E-state index in [4.69, 9.17) is 14.3 Å². The fraction of sp³-hybridized carbons (Fsp3) is 0.312. The van der Waals surface area contributed by atoms with E-state index >= 15 is 0 Å². The number of nitrogens with one attached hydrogen (secondary N) is 2. The summed E-state index contributed by atoms with van der Waals surface area (Å²) < 4.78 is 25.5. The number of furan rings is 1. The molecule has 0 unspecified atom stereocenters. The summed E-state index contributed by atoms with van der Waals surface area (Å²) in [4.78, 5) is 23.8. The van der Waals surface area contributed by atoms with Gasteiger partial charge in [0.25, 0.3) is 5.91 Å². The van der Waals surface area contributed by atoms with Crippen LogP contribution in [0.4, 0.5) is 10.1 Å². The van der Waals surface area contributed by atoms with Gasteiger partial charge in [0.15, 0.2) is 0 Å². The minimum atomic E-state index is -0.933. The first kappa shape index (κ1) is 27.4. The Morgan fingerprint density at radius 1 is 1.02 bits per heavy atom. The molecule has 1 aliphatic rings. The first-order chi connectivity index (χ1) is 19.4. The molecule has 0 atom stereocenters. The fourth-order valence-electron chi connectivity index (χ4n) is 4.86. The molecule has 8 heteroatoms. The van der Waals surface area contributed by atoms with Crippen LogP contribution in [0.15, 0.2) is 65.1 Å². The number of carboxylic acid groups (broad SMARTS) is 1. The second-order valence-electron chi connectivity index (χ2n) is 10.1. The normalized spacial score (nSPS) is 12.9. The average Bonchev–Trinajstić information content (AvgIpc) is 3.74. The number of amides is 1. The molecule has 1 aliphatic carbocycles. The van der Waals surface area contributed by atoms with Gasteiger partial charge < -0.3 is 24.9 Å². The monoisotopic (exact) mass is 544 g/mol. The Labute approximate surface area is 232 Å². The lowest BCUT2D eigenvalue weighted by atomic mass is 10.0. The van der Waals surface area contributed by atoms with Crippen molar-refractivity contribution in [3.05, 3.63) is 88.7 Å². The molecule has 0 aliphatic heterocycles. The maximum Gasteiger partial charge on any atom is 0.335 e. The van der Waals surface area contributed by atoms with Gasteiger partial charge in [0, 0.05) is 42.9 Å². The van der Waals surface area contributed by atoms with Crippen LogP contribution in [-0.2, 0) is 11.3 Å². The summed E-state index contributed by atoms with van der Waals surface area (Å²) in [7, 11) is 1.59. The summed E-state index contributed by atoms with van der Waals surface area (Å²) in [6.45, 7) is 1.90. The molecule has 0 bridgehead atoms. The third kappa shape index (κ3) is 6.34. The number of aromatic carboxylic acids is 1. The van der Waals surface area contributed by atoms with Crippen LogP contribution >= 0.6 is 0 Å². The number of carboxylic acids is 1. The number of rotatable bonds is 13. The number of anilines is 1. The summed E-state index contributed by atoms with van der Waals surface area (Å²) in [5, 5.41) is 16.0. The number of fused-ring (bicyclic) bond motifs is 1. The number of hydrogen-bond acceptors (Lipinski definition) is 5. The van der Waals surface area contributed by atoms with Crippen molar-refractivity contribution in [2.75, 3.05) is 25.5 Å². The molecule has 40 heavy (non-hydrogen) atoms. The van der Waals surface area contributed by atoms with Crippen molar-refractivity contribution in [2.45, 2.75) is 44.6 Å². The second-order valence-corrected chi connectivity index (χ2v) is 10.1. The Balaban J connectivity index is 1.20. The average molecular weight is 545 g/mol. The molecule has 3 aromatic carbocycles. The minimum absolute atomic E-state index is 0.236. The van der Waals surface area contributed by atoms with E-state index in [1.165, 1.54) is 17.7 Å². The van der Waals surface area contributed by atoms with Crippen LogP contribution in [0.25, 0.3) is 22.3 Å². The molecule has 3 N–H and O–H groups in total. The lowest BCUT2D eigenvalue weighted by molar-refractivity contribution is 0.0696. The van der Waals surface area contributed by atoms with Crippen LogP contribution in [-0.4, -0.2) is 37.2 Å². The maximum absolute atomic E-state index is 13.5. The number of halogens is 1. The van der Waals surface area contributed by atoms with Crippen molar-refractivity contribution in [1.82, 2.24) is 5.32 Å². The van der Waals surface area contributed by atoms with Crippen molar-refractivity contribution in [3.63, 3.8) is 0 Å². The topological polar surface area (TPSA) is 101 Å². The van der Waals surface area contributed by atoms with E-state index in [2.05, 4.69) is 16.7 Å². The number of ether oxygens (including phenoxy) is 1. The Morgan fingerprint density at radius 2 is 1.77 bits per heavy atom. The zero-order valence-corrected chi connectivity index (χ0v) is 22.5. The molecule has 1 fully saturated rings. The van der Waals surface area contributed by atoms with Crippen LogP contribution < -0.4 is 10.6 Å². The molecule has 1 amide bonds. The van der Waals surface area contributed by atoms with Gasteiger partial charge in [-0.2, -0.15) is 0 Å². The van der Waals surface area contributed by atoms with Gasteiger partial charge in [-0.1, -0.05) is 12.1 Å². The molecule has 4 aromatic rings. The van der Waals surface area contributed by atoms with E-state index in [9.17, 15) is 14.0 Å². The summed E-state index contributed by atoms with van der Waals surface area (Å²) in [5.41, 5.74) is 5.19. The standard InChI is InChI=1S/C32H33FN2O5/c1-34-31(36)29-26-17-25(21-9-10-21)27(18-28(26)40-30(29)22-11-13-24(33)14-12-22)35-15-3-2-4-16-39-19-20-5-7-23(8-6-20)32(37)38/h5-8,11-14,17-18,21,35H,2-4,9-10,15-16,19H2,1H3,(H,34,36)(H,37,38). The Bertz CT molecular complexity index is 1490. The van der Waals surface area contributed by atoms with Gasteiger partial charge in [0.2, 0.25) is 0 Å². The largest absolute Gasteiger partial charge is 0.478 e. The number of unbranched alkanes of at least 4 members (excludes halogenated alkanes) is 2. The zero-order valence-electron chi connectivity index (χ0n) is 22.5. The molecule has 1 saturated carbocycles. The second kappa shape index (κ2) is 12.3. The van der Waals surface area contributed by atoms with Crippen molar-refractivity contribution < 1.29 is 28.2 Å². The van der Waals surface area contributed by atoms with E-state index in [1.807, 2.05) is 6.07 Å². The molecule has 7 nitrogen and oxygen atoms in total. The zero-order chi connectivity index (χ0) is 28.1. The van der Waals surface area contributed by atoms with Gasteiger partial charge in [-0.25, -0.2) is 9.18 Å². The lowest BCUT2D eigenvalue weighted by Gasteiger charge is -2.12. The SMILES string of the molecule is CNC(=O)c1c(-c2ccc(F)cc2)oc2cc(NCCCCCOCc3ccc(C(=O)O)cc3)c(C3CC3)cc12. The molecular formula is C32H33FN2O5. The van der Waals surface area contributed by atoms with Gasteiger partial charge in [-0.3, -0.25) is 4.79 Å². The van der Waals surface area contributed by atoms with Gasteiger partial charge in [-0.05, 0) is 91.6 Å². The Hall–Kier alpha value is -4.17. The van der Waals surface area contributed by atoms with Crippen molar-refractivity contribution in [1.29, 1.82) is 0 Å². The van der Waals surface area contributed by atoms with E-state index in [-0.39, 0.29) is 17.3 Å². The van der Waals surface area contributed by atoms with Crippen LogP contribution in [0.2, 0.25) is 0 Å². The van der Waals surface area contributed by atoms with Crippen LogP contribution in [0.5, 0.6) is 0 Å². The molecule has 1 aromatic heterocycles. The van der Waals surface area contributed by atoms with Crippen molar-refractivity contribution in [2.24, 2.45) is 0 Å². The highest BCUT2D eigenvalue weighted by atomic mass is 19.1. The highest BCUT2D eigenvalue weighted by Crippen LogP contribution is 2.46. The number of benzene rings is 3. The number of carbonyl (C=O) groups excluding carboxylic acids is 1. The molecule has 1 heterocycles. The predicted molar refractivity (Wildman–Crippen MR) is 152 cm³/mol. The van der Waals surface area contributed by atoms with Gasteiger partial charge in [-0.15, -0.1) is 0 Å². The summed E-state index contributed by atoms with van der Waals surface area (Å²) >= 11 is 0. The number of carbonyl (C=O) groups is 2. The highest BCUT2D eigenvalue weighted by Gasteiger charge is 2.29. The lowest BCUT2D eigenvalue weighted by Crippen LogP contribution is -2.18. The first-order valence-electron chi connectivity index (χ1n) is 13.7. The Kier molecular flexibility index (Phi) is 8.45. The Morgan fingerprint density at radius 3 is 2.45 bits per heavy atom.